The summed E-state index contributed by atoms with van der Waals surface area (Å²) in [5.41, 5.74) is 1.76. The number of amides is 1. The second kappa shape index (κ2) is 7.27. The van der Waals surface area contributed by atoms with Crippen molar-refractivity contribution >= 4 is 15.7 Å². The minimum absolute atomic E-state index is 0.0810. The fourth-order valence-corrected chi connectivity index (χ4v) is 4.36. The smallest absolute Gasteiger partial charge is 0.235 e. The van der Waals surface area contributed by atoms with Gasteiger partial charge in [0.25, 0.3) is 0 Å². The minimum atomic E-state index is -3.43. The van der Waals surface area contributed by atoms with Gasteiger partial charge in [-0.3, -0.25) is 4.79 Å². The molecular weight excluding hydrogens is 298 g/mol. The van der Waals surface area contributed by atoms with Gasteiger partial charge >= 0.3 is 0 Å². The molecule has 22 heavy (non-hydrogen) atoms. The predicted molar refractivity (Wildman–Crippen MR) is 88.2 cm³/mol. The maximum Gasteiger partial charge on any atom is 0.235 e. The van der Waals surface area contributed by atoms with Crippen LogP contribution in [0.15, 0.2) is 24.3 Å². The SMILES string of the molecule is Cc1cccc(CS(=O)(=O)CC(=O)NC2CCCCC2C)c1. The summed E-state index contributed by atoms with van der Waals surface area (Å²) in [6.45, 7) is 4.04. The van der Waals surface area contributed by atoms with E-state index in [-0.39, 0.29) is 17.7 Å². The lowest BCUT2D eigenvalue weighted by atomic mass is 9.86. The van der Waals surface area contributed by atoms with E-state index in [1.807, 2.05) is 25.1 Å². The third kappa shape index (κ3) is 5.13. The predicted octanol–water partition coefficient (Wildman–Crippen LogP) is 2.60. The number of hydrogen-bond donors (Lipinski definition) is 1. The number of rotatable bonds is 5. The highest BCUT2D eigenvalue weighted by Gasteiger charge is 2.25. The summed E-state index contributed by atoms with van der Waals surface area (Å²) in [7, 11) is -3.43. The van der Waals surface area contributed by atoms with Crippen LogP contribution in [0.3, 0.4) is 0 Å². The van der Waals surface area contributed by atoms with E-state index in [1.165, 1.54) is 6.42 Å². The van der Waals surface area contributed by atoms with Crippen LogP contribution in [-0.2, 0) is 20.4 Å². The number of carbonyl (C=O) groups is 1. The Bertz CT molecular complexity index is 625. The summed E-state index contributed by atoms with van der Waals surface area (Å²) in [5, 5.41) is 2.90. The van der Waals surface area contributed by atoms with Gasteiger partial charge in [0.15, 0.2) is 9.84 Å². The number of benzene rings is 1. The molecular formula is C17H25NO3S. The number of sulfone groups is 1. The molecule has 1 saturated carbocycles. The molecule has 0 spiro atoms. The third-order valence-corrected chi connectivity index (χ3v) is 5.75. The third-order valence-electron chi connectivity index (χ3n) is 4.28. The number of aryl methyl sites for hydroxylation is 1. The standard InChI is InChI=1S/C17H25NO3S/c1-13-6-5-8-15(10-13)11-22(20,21)12-17(19)18-16-9-4-3-7-14(16)2/h5-6,8,10,14,16H,3-4,7,9,11-12H2,1-2H3,(H,18,19). The first kappa shape index (κ1) is 17.0. The van der Waals surface area contributed by atoms with Crippen molar-refractivity contribution in [3.05, 3.63) is 35.4 Å². The molecule has 1 N–H and O–H groups in total. The summed E-state index contributed by atoms with van der Waals surface area (Å²) in [5.74, 6) is -0.449. The van der Waals surface area contributed by atoms with Gasteiger partial charge < -0.3 is 5.32 Å². The second-order valence-electron chi connectivity index (χ2n) is 6.46. The van der Waals surface area contributed by atoms with Crippen molar-refractivity contribution in [1.29, 1.82) is 0 Å². The first-order valence-electron chi connectivity index (χ1n) is 7.91. The van der Waals surface area contributed by atoms with Crippen molar-refractivity contribution in [2.75, 3.05) is 5.75 Å². The van der Waals surface area contributed by atoms with E-state index >= 15 is 0 Å². The Morgan fingerprint density at radius 1 is 1.27 bits per heavy atom. The van der Waals surface area contributed by atoms with Crippen LogP contribution < -0.4 is 5.32 Å². The molecule has 0 bridgehead atoms. The fraction of sp³-hybridized carbons (Fsp3) is 0.588. The largest absolute Gasteiger partial charge is 0.352 e. The van der Waals surface area contributed by atoms with E-state index in [2.05, 4.69) is 12.2 Å². The molecule has 1 aromatic carbocycles. The Balaban J connectivity index is 1.92. The highest BCUT2D eigenvalue weighted by molar-refractivity contribution is 7.91. The van der Waals surface area contributed by atoms with Crippen molar-refractivity contribution < 1.29 is 13.2 Å². The van der Waals surface area contributed by atoms with Gasteiger partial charge in [-0.2, -0.15) is 0 Å². The molecule has 2 atom stereocenters. The molecule has 1 aliphatic carbocycles. The van der Waals surface area contributed by atoms with E-state index < -0.39 is 15.6 Å². The molecule has 2 unspecified atom stereocenters. The van der Waals surface area contributed by atoms with Crippen molar-refractivity contribution in [3.63, 3.8) is 0 Å². The normalized spacial score (nSPS) is 22.3. The zero-order chi connectivity index (χ0) is 16.2. The monoisotopic (exact) mass is 323 g/mol. The van der Waals surface area contributed by atoms with Crippen LogP contribution in [0.1, 0.15) is 43.7 Å². The van der Waals surface area contributed by atoms with Crippen LogP contribution in [0, 0.1) is 12.8 Å². The topological polar surface area (TPSA) is 63.2 Å². The van der Waals surface area contributed by atoms with E-state index in [9.17, 15) is 13.2 Å². The molecule has 1 amide bonds. The van der Waals surface area contributed by atoms with Crippen LogP contribution >= 0.6 is 0 Å². The van der Waals surface area contributed by atoms with Gasteiger partial charge in [-0.1, -0.05) is 49.6 Å². The maximum atomic E-state index is 12.2. The lowest BCUT2D eigenvalue weighted by Crippen LogP contribution is -2.43. The number of carbonyl (C=O) groups excluding carboxylic acids is 1. The molecule has 0 aliphatic heterocycles. The Labute approximate surface area is 133 Å². The lowest BCUT2D eigenvalue weighted by Gasteiger charge is -2.29. The van der Waals surface area contributed by atoms with Crippen molar-refractivity contribution in [1.82, 2.24) is 5.32 Å². The molecule has 1 aliphatic rings. The van der Waals surface area contributed by atoms with Crippen molar-refractivity contribution in [2.45, 2.75) is 51.3 Å². The molecule has 0 heterocycles. The average Bonchev–Trinajstić information content (AvgIpc) is 2.40. The quantitative estimate of drug-likeness (QED) is 0.906. The Morgan fingerprint density at radius 2 is 2.00 bits per heavy atom. The van der Waals surface area contributed by atoms with Gasteiger partial charge in [0.2, 0.25) is 5.91 Å². The molecule has 1 fully saturated rings. The van der Waals surface area contributed by atoms with Crippen molar-refractivity contribution in [2.24, 2.45) is 5.92 Å². The molecule has 0 radical (unpaired) electrons. The molecule has 1 aromatic rings. The van der Waals surface area contributed by atoms with Crippen molar-refractivity contribution in [3.8, 4) is 0 Å². The highest BCUT2D eigenvalue weighted by atomic mass is 32.2. The molecule has 122 valence electrons. The molecule has 2 rings (SSSR count). The fourth-order valence-electron chi connectivity index (χ4n) is 3.09. The summed E-state index contributed by atoms with van der Waals surface area (Å²) < 4.78 is 24.4. The van der Waals surface area contributed by atoms with Crippen LogP contribution in [0.25, 0.3) is 0 Å². The zero-order valence-electron chi connectivity index (χ0n) is 13.3. The van der Waals surface area contributed by atoms with E-state index in [1.54, 1.807) is 6.07 Å². The molecule has 0 aromatic heterocycles. The lowest BCUT2D eigenvalue weighted by molar-refractivity contribution is -0.119. The summed E-state index contributed by atoms with van der Waals surface area (Å²) in [6.07, 6.45) is 4.34. The summed E-state index contributed by atoms with van der Waals surface area (Å²) in [6, 6.07) is 7.51. The molecule has 0 saturated heterocycles. The van der Waals surface area contributed by atoms with Gasteiger partial charge in [0, 0.05) is 6.04 Å². The highest BCUT2D eigenvalue weighted by Crippen LogP contribution is 2.23. The number of nitrogens with one attached hydrogen (secondary N) is 1. The van der Waals surface area contributed by atoms with Gasteiger partial charge in [-0.05, 0) is 31.2 Å². The Morgan fingerprint density at radius 3 is 2.68 bits per heavy atom. The summed E-state index contributed by atoms with van der Waals surface area (Å²) >= 11 is 0. The van der Waals surface area contributed by atoms with Crippen LogP contribution in [0.4, 0.5) is 0 Å². The first-order valence-corrected chi connectivity index (χ1v) is 9.73. The molecule has 5 heteroatoms. The van der Waals surface area contributed by atoms with Crippen LogP contribution in [0.5, 0.6) is 0 Å². The second-order valence-corrected chi connectivity index (χ2v) is 8.52. The Hall–Kier alpha value is -1.36. The van der Waals surface area contributed by atoms with Gasteiger partial charge in [0.1, 0.15) is 5.75 Å². The number of hydrogen-bond acceptors (Lipinski definition) is 3. The van der Waals surface area contributed by atoms with Gasteiger partial charge in [0.05, 0.1) is 5.75 Å². The summed E-state index contributed by atoms with van der Waals surface area (Å²) in [4.78, 5) is 12.0. The van der Waals surface area contributed by atoms with E-state index in [4.69, 9.17) is 0 Å². The van der Waals surface area contributed by atoms with Crippen LogP contribution in [-0.4, -0.2) is 26.1 Å². The van der Waals surface area contributed by atoms with Gasteiger partial charge in [-0.25, -0.2) is 8.42 Å². The molecule has 4 nitrogen and oxygen atoms in total. The average molecular weight is 323 g/mol. The Kier molecular flexibility index (Phi) is 5.62. The van der Waals surface area contributed by atoms with Crippen LogP contribution in [0.2, 0.25) is 0 Å². The van der Waals surface area contributed by atoms with Gasteiger partial charge in [-0.15, -0.1) is 0 Å². The van der Waals surface area contributed by atoms with E-state index in [0.717, 1.165) is 30.4 Å². The minimum Gasteiger partial charge on any atom is -0.352 e. The maximum absolute atomic E-state index is 12.2. The zero-order valence-corrected chi connectivity index (χ0v) is 14.2. The van der Waals surface area contributed by atoms with E-state index in [0.29, 0.717) is 5.92 Å². The first-order chi connectivity index (χ1) is 10.4.